The number of anilines is 1. The van der Waals surface area contributed by atoms with Crippen LogP contribution in [-0.2, 0) is 12.8 Å². The van der Waals surface area contributed by atoms with Gasteiger partial charge in [-0.15, -0.1) is 0 Å². The number of rotatable bonds is 3. The van der Waals surface area contributed by atoms with Crippen molar-refractivity contribution in [3.8, 4) is 0 Å². The maximum absolute atomic E-state index is 6.38. The number of nitrogens with one attached hydrogen (secondary N) is 1. The van der Waals surface area contributed by atoms with Gasteiger partial charge in [-0.1, -0.05) is 13.8 Å². The first-order valence-electron chi connectivity index (χ1n) is 6.81. The van der Waals surface area contributed by atoms with Crippen LogP contribution in [-0.4, -0.2) is 0 Å². The van der Waals surface area contributed by atoms with E-state index in [9.17, 15) is 0 Å². The van der Waals surface area contributed by atoms with E-state index in [1.807, 2.05) is 0 Å². The number of nitrogens with two attached hydrogens (primary N) is 1. The van der Waals surface area contributed by atoms with E-state index in [4.69, 9.17) is 5.73 Å². The molecule has 0 radical (unpaired) electrons. The van der Waals surface area contributed by atoms with Crippen LogP contribution in [0.5, 0.6) is 0 Å². The number of aromatic nitrogens is 1. The van der Waals surface area contributed by atoms with E-state index >= 15 is 0 Å². The second-order valence-electron chi connectivity index (χ2n) is 5.10. The Morgan fingerprint density at radius 3 is 2.50 bits per heavy atom. The predicted molar refractivity (Wildman–Crippen MR) is 77.8 cm³/mol. The molecule has 2 rings (SSSR count). The van der Waals surface area contributed by atoms with Gasteiger partial charge in [0.05, 0.1) is 11.1 Å². The standard InChI is InChI=1S/C16H22N2/c1-5-7-14-12(6-2)15(17)13-9-10(3)8-11(4)16(13)18-14/h8-9H,5-7H2,1-4H3,(H2,17,18)/p+1. The Kier molecular flexibility index (Phi) is 3.55. The molecule has 2 nitrogen and oxygen atoms in total. The van der Waals surface area contributed by atoms with Crippen molar-refractivity contribution < 1.29 is 4.98 Å². The van der Waals surface area contributed by atoms with E-state index in [1.165, 1.54) is 33.3 Å². The summed E-state index contributed by atoms with van der Waals surface area (Å²) in [4.78, 5) is 3.60. The van der Waals surface area contributed by atoms with Crippen LogP contribution >= 0.6 is 0 Å². The van der Waals surface area contributed by atoms with Crippen LogP contribution in [0, 0.1) is 13.8 Å². The average molecular weight is 243 g/mol. The molecule has 0 bridgehead atoms. The highest BCUT2D eigenvalue weighted by molar-refractivity contribution is 5.92. The Morgan fingerprint density at radius 2 is 1.89 bits per heavy atom. The number of aryl methyl sites for hydroxylation is 3. The van der Waals surface area contributed by atoms with Gasteiger partial charge in [0.1, 0.15) is 0 Å². The normalized spacial score (nSPS) is 11.1. The van der Waals surface area contributed by atoms with E-state index in [-0.39, 0.29) is 0 Å². The number of nitrogen functional groups attached to an aromatic ring is 1. The number of aromatic amines is 1. The molecule has 3 N–H and O–H groups in total. The lowest BCUT2D eigenvalue weighted by atomic mass is 9.98. The Labute approximate surface area is 109 Å². The van der Waals surface area contributed by atoms with Crippen molar-refractivity contribution in [1.29, 1.82) is 0 Å². The number of H-pyrrole nitrogens is 1. The molecule has 0 aliphatic heterocycles. The van der Waals surface area contributed by atoms with Gasteiger partial charge in [0.25, 0.3) is 0 Å². The number of hydrogen-bond acceptors (Lipinski definition) is 1. The summed E-state index contributed by atoms with van der Waals surface area (Å²) in [5.74, 6) is 0. The molecular formula is C16H23N2+. The number of fused-ring (bicyclic) bond motifs is 1. The second kappa shape index (κ2) is 4.97. The maximum atomic E-state index is 6.38. The molecule has 0 aliphatic rings. The van der Waals surface area contributed by atoms with Crippen molar-refractivity contribution in [3.63, 3.8) is 0 Å². The van der Waals surface area contributed by atoms with Crippen LogP contribution in [0.3, 0.4) is 0 Å². The molecule has 0 atom stereocenters. The molecule has 0 saturated carbocycles. The Bertz CT molecular complexity index is 585. The third-order valence-electron chi connectivity index (χ3n) is 3.59. The zero-order valence-corrected chi connectivity index (χ0v) is 11.9. The fourth-order valence-corrected chi connectivity index (χ4v) is 2.76. The zero-order valence-electron chi connectivity index (χ0n) is 11.9. The van der Waals surface area contributed by atoms with E-state index in [1.54, 1.807) is 0 Å². The fourth-order valence-electron chi connectivity index (χ4n) is 2.76. The van der Waals surface area contributed by atoms with Gasteiger partial charge < -0.3 is 5.73 Å². The van der Waals surface area contributed by atoms with Gasteiger partial charge in [-0.2, -0.15) is 0 Å². The summed E-state index contributed by atoms with van der Waals surface area (Å²) >= 11 is 0. The van der Waals surface area contributed by atoms with Crippen LogP contribution in [0.4, 0.5) is 5.69 Å². The van der Waals surface area contributed by atoms with E-state index in [2.05, 4.69) is 44.8 Å². The third-order valence-corrected chi connectivity index (χ3v) is 3.59. The van der Waals surface area contributed by atoms with Crippen molar-refractivity contribution in [2.45, 2.75) is 47.0 Å². The van der Waals surface area contributed by atoms with Crippen molar-refractivity contribution in [2.24, 2.45) is 0 Å². The van der Waals surface area contributed by atoms with Crippen LogP contribution < -0.4 is 10.7 Å². The van der Waals surface area contributed by atoms with Crippen LogP contribution in [0.2, 0.25) is 0 Å². The van der Waals surface area contributed by atoms with Crippen LogP contribution in [0.15, 0.2) is 12.1 Å². The monoisotopic (exact) mass is 243 g/mol. The first-order valence-corrected chi connectivity index (χ1v) is 6.81. The molecule has 0 amide bonds. The van der Waals surface area contributed by atoms with Crippen molar-refractivity contribution in [3.05, 3.63) is 34.5 Å². The molecule has 0 unspecified atom stereocenters. The van der Waals surface area contributed by atoms with Crippen molar-refractivity contribution >= 4 is 16.6 Å². The van der Waals surface area contributed by atoms with Crippen LogP contribution in [0.25, 0.3) is 10.9 Å². The molecule has 18 heavy (non-hydrogen) atoms. The molecule has 2 heteroatoms. The molecule has 0 saturated heterocycles. The summed E-state index contributed by atoms with van der Waals surface area (Å²) in [7, 11) is 0. The molecule has 1 heterocycles. The summed E-state index contributed by atoms with van der Waals surface area (Å²) in [6.07, 6.45) is 3.19. The molecule has 2 aromatic rings. The van der Waals surface area contributed by atoms with Gasteiger partial charge in [0.2, 0.25) is 5.52 Å². The lowest BCUT2D eigenvalue weighted by Gasteiger charge is -2.10. The summed E-state index contributed by atoms with van der Waals surface area (Å²) in [5, 5.41) is 1.17. The molecule has 1 aromatic heterocycles. The first-order chi connectivity index (χ1) is 8.58. The van der Waals surface area contributed by atoms with Gasteiger partial charge in [-0.3, -0.25) is 0 Å². The van der Waals surface area contributed by atoms with Crippen LogP contribution in [0.1, 0.15) is 42.7 Å². The second-order valence-corrected chi connectivity index (χ2v) is 5.10. The minimum Gasteiger partial charge on any atom is -0.398 e. The summed E-state index contributed by atoms with van der Waals surface area (Å²) in [5.41, 5.74) is 13.7. The highest BCUT2D eigenvalue weighted by Gasteiger charge is 2.18. The van der Waals surface area contributed by atoms with E-state index in [0.29, 0.717) is 0 Å². The third kappa shape index (κ3) is 2.07. The Hall–Kier alpha value is -1.57. The highest BCUT2D eigenvalue weighted by Crippen LogP contribution is 2.27. The molecule has 0 aliphatic carbocycles. The maximum Gasteiger partial charge on any atom is 0.216 e. The quantitative estimate of drug-likeness (QED) is 0.882. The minimum absolute atomic E-state index is 0.960. The molecule has 1 aromatic carbocycles. The Morgan fingerprint density at radius 1 is 1.17 bits per heavy atom. The lowest BCUT2D eigenvalue weighted by Crippen LogP contribution is -2.18. The largest absolute Gasteiger partial charge is 0.398 e. The summed E-state index contributed by atoms with van der Waals surface area (Å²) < 4.78 is 0. The van der Waals surface area contributed by atoms with Gasteiger partial charge in [-0.05, 0) is 44.4 Å². The molecule has 96 valence electrons. The van der Waals surface area contributed by atoms with Gasteiger partial charge in [0, 0.05) is 17.5 Å². The number of pyridine rings is 1. The predicted octanol–water partition coefficient (Wildman–Crippen LogP) is 3.37. The molecular weight excluding hydrogens is 220 g/mol. The van der Waals surface area contributed by atoms with Gasteiger partial charge in [0.15, 0.2) is 5.69 Å². The first kappa shape index (κ1) is 12.9. The molecule has 0 fully saturated rings. The fraction of sp³-hybridized carbons (Fsp3) is 0.438. The van der Waals surface area contributed by atoms with Gasteiger partial charge in [-0.25, -0.2) is 4.98 Å². The number of hydrogen-bond donors (Lipinski definition) is 1. The van der Waals surface area contributed by atoms with Crippen molar-refractivity contribution in [2.75, 3.05) is 5.73 Å². The lowest BCUT2D eigenvalue weighted by molar-refractivity contribution is -0.358. The Balaban J connectivity index is 2.81. The average Bonchev–Trinajstić information content (AvgIpc) is 2.32. The molecule has 0 spiro atoms. The minimum atomic E-state index is 0.960. The number of benzene rings is 1. The highest BCUT2D eigenvalue weighted by atomic mass is 14.7. The van der Waals surface area contributed by atoms with E-state index in [0.717, 1.165) is 24.9 Å². The van der Waals surface area contributed by atoms with Crippen molar-refractivity contribution in [1.82, 2.24) is 0 Å². The summed E-state index contributed by atoms with van der Waals surface area (Å²) in [6.45, 7) is 8.65. The smallest absolute Gasteiger partial charge is 0.216 e. The summed E-state index contributed by atoms with van der Waals surface area (Å²) in [6, 6.07) is 4.39. The topological polar surface area (TPSA) is 40.2 Å². The van der Waals surface area contributed by atoms with E-state index < -0.39 is 0 Å². The van der Waals surface area contributed by atoms with Gasteiger partial charge >= 0.3 is 0 Å². The zero-order chi connectivity index (χ0) is 13.3. The SMILES string of the molecule is CCCc1[nH+]c2c(C)cc(C)cc2c(N)c1CC.